The van der Waals surface area contributed by atoms with Crippen molar-refractivity contribution in [2.45, 2.75) is 37.5 Å². The molecule has 1 aromatic rings. The second-order valence-electron chi connectivity index (χ2n) is 4.77. The van der Waals surface area contributed by atoms with Gasteiger partial charge in [-0.15, -0.1) is 10.2 Å². The van der Waals surface area contributed by atoms with Gasteiger partial charge in [0.05, 0.1) is 0 Å². The molecule has 0 unspecified atom stereocenters. The quantitative estimate of drug-likeness (QED) is 0.789. The predicted octanol–water partition coefficient (Wildman–Crippen LogP) is 1.16. The van der Waals surface area contributed by atoms with Gasteiger partial charge in [-0.1, -0.05) is 0 Å². The summed E-state index contributed by atoms with van der Waals surface area (Å²) in [6, 6.07) is 0. The van der Waals surface area contributed by atoms with E-state index in [1.165, 1.54) is 37.3 Å². The van der Waals surface area contributed by atoms with E-state index in [2.05, 4.69) is 27.1 Å². The van der Waals surface area contributed by atoms with Gasteiger partial charge in [0.2, 0.25) is 0 Å². The van der Waals surface area contributed by atoms with Crippen molar-refractivity contribution < 1.29 is 0 Å². The fourth-order valence-corrected chi connectivity index (χ4v) is 2.49. The molecule has 0 bridgehead atoms. The fraction of sp³-hybridized carbons (Fsp3) is 0.818. The highest BCUT2D eigenvalue weighted by Gasteiger charge is 2.30. The van der Waals surface area contributed by atoms with Crippen molar-refractivity contribution in [2.24, 2.45) is 7.05 Å². The molecule has 0 aromatic carbocycles. The average Bonchev–Trinajstić information content (AvgIpc) is 3.04. The van der Waals surface area contributed by atoms with Crippen LogP contribution in [0.15, 0.2) is 0 Å². The Labute approximate surface area is 90.1 Å². The van der Waals surface area contributed by atoms with Crippen LogP contribution in [0.2, 0.25) is 0 Å². The van der Waals surface area contributed by atoms with Gasteiger partial charge in [0.15, 0.2) is 0 Å². The summed E-state index contributed by atoms with van der Waals surface area (Å²) >= 11 is 0. The lowest BCUT2D eigenvalue weighted by Crippen LogP contribution is -2.28. The second-order valence-corrected chi connectivity index (χ2v) is 4.77. The standard InChI is InChI=1S/C11H18N4/c1-15-10(8-2-3-8)13-14-11(15)9-4-6-12-7-5-9/h8-9,12H,2-7H2,1H3. The number of piperidine rings is 1. The van der Waals surface area contributed by atoms with Crippen LogP contribution in [0, 0.1) is 0 Å². The lowest BCUT2D eigenvalue weighted by molar-refractivity contribution is 0.435. The summed E-state index contributed by atoms with van der Waals surface area (Å²) < 4.78 is 2.24. The van der Waals surface area contributed by atoms with Crippen molar-refractivity contribution in [2.75, 3.05) is 13.1 Å². The number of nitrogens with one attached hydrogen (secondary N) is 1. The predicted molar refractivity (Wildman–Crippen MR) is 57.8 cm³/mol. The average molecular weight is 206 g/mol. The molecule has 1 aliphatic heterocycles. The molecule has 1 saturated heterocycles. The molecule has 15 heavy (non-hydrogen) atoms. The minimum atomic E-state index is 0.622. The minimum absolute atomic E-state index is 0.622. The van der Waals surface area contributed by atoms with Gasteiger partial charge >= 0.3 is 0 Å². The Kier molecular flexibility index (Phi) is 2.24. The lowest BCUT2D eigenvalue weighted by Gasteiger charge is -2.21. The van der Waals surface area contributed by atoms with Crippen molar-refractivity contribution in [3.63, 3.8) is 0 Å². The molecule has 82 valence electrons. The summed E-state index contributed by atoms with van der Waals surface area (Å²) in [7, 11) is 2.13. The molecule has 4 nitrogen and oxygen atoms in total. The maximum atomic E-state index is 4.39. The van der Waals surface area contributed by atoms with Crippen LogP contribution in [0.1, 0.15) is 49.2 Å². The van der Waals surface area contributed by atoms with Crippen LogP contribution >= 0.6 is 0 Å². The minimum Gasteiger partial charge on any atom is -0.318 e. The van der Waals surface area contributed by atoms with E-state index >= 15 is 0 Å². The molecule has 1 N–H and O–H groups in total. The fourth-order valence-electron chi connectivity index (χ4n) is 2.49. The van der Waals surface area contributed by atoms with Gasteiger partial charge in [0.1, 0.15) is 11.6 Å². The molecule has 4 heteroatoms. The third kappa shape index (κ3) is 1.67. The molecule has 0 atom stereocenters. The van der Waals surface area contributed by atoms with Crippen molar-refractivity contribution in [1.82, 2.24) is 20.1 Å². The zero-order valence-corrected chi connectivity index (χ0v) is 9.24. The largest absolute Gasteiger partial charge is 0.318 e. The Hall–Kier alpha value is -0.900. The van der Waals surface area contributed by atoms with Crippen molar-refractivity contribution in [3.05, 3.63) is 11.6 Å². The van der Waals surface area contributed by atoms with Crippen molar-refractivity contribution in [1.29, 1.82) is 0 Å². The van der Waals surface area contributed by atoms with E-state index in [0.29, 0.717) is 11.8 Å². The highest BCUT2D eigenvalue weighted by molar-refractivity contribution is 5.10. The Bertz CT molecular complexity index is 347. The smallest absolute Gasteiger partial charge is 0.135 e. The Morgan fingerprint density at radius 3 is 2.07 bits per heavy atom. The summed E-state index contributed by atoms with van der Waals surface area (Å²) in [4.78, 5) is 0. The molecular formula is C11H18N4. The summed E-state index contributed by atoms with van der Waals surface area (Å²) in [6.45, 7) is 2.24. The summed E-state index contributed by atoms with van der Waals surface area (Å²) in [5, 5.41) is 12.1. The molecule has 1 aliphatic carbocycles. The molecule has 2 fully saturated rings. The molecular weight excluding hydrogens is 188 g/mol. The summed E-state index contributed by atoms with van der Waals surface area (Å²) in [5.41, 5.74) is 0. The monoisotopic (exact) mass is 206 g/mol. The van der Waals surface area contributed by atoms with E-state index in [4.69, 9.17) is 0 Å². The van der Waals surface area contributed by atoms with Gasteiger partial charge in [0, 0.05) is 18.9 Å². The van der Waals surface area contributed by atoms with Crippen LogP contribution in [0.3, 0.4) is 0 Å². The first-order chi connectivity index (χ1) is 7.36. The first-order valence-corrected chi connectivity index (χ1v) is 5.96. The Morgan fingerprint density at radius 1 is 1.00 bits per heavy atom. The van der Waals surface area contributed by atoms with E-state index in [1.807, 2.05) is 0 Å². The first-order valence-electron chi connectivity index (χ1n) is 5.96. The molecule has 1 aromatic heterocycles. The molecule has 0 spiro atoms. The zero-order chi connectivity index (χ0) is 10.3. The van der Waals surface area contributed by atoms with Crippen LogP contribution in [0.25, 0.3) is 0 Å². The Balaban J connectivity index is 1.83. The van der Waals surface area contributed by atoms with Gasteiger partial charge < -0.3 is 9.88 Å². The second kappa shape index (κ2) is 3.59. The SMILES string of the molecule is Cn1c(C2CCNCC2)nnc1C1CC1. The van der Waals surface area contributed by atoms with Gasteiger partial charge in [-0.3, -0.25) is 0 Å². The van der Waals surface area contributed by atoms with Crippen LogP contribution in [0.4, 0.5) is 0 Å². The highest BCUT2D eigenvalue weighted by Crippen LogP contribution is 2.39. The maximum absolute atomic E-state index is 4.39. The van der Waals surface area contributed by atoms with Crippen LogP contribution in [-0.2, 0) is 7.05 Å². The molecule has 0 radical (unpaired) electrons. The number of aromatic nitrogens is 3. The topological polar surface area (TPSA) is 42.7 Å². The normalized spacial score (nSPS) is 23.3. The number of hydrogen-bond donors (Lipinski definition) is 1. The van der Waals surface area contributed by atoms with Crippen molar-refractivity contribution in [3.8, 4) is 0 Å². The van der Waals surface area contributed by atoms with E-state index in [0.717, 1.165) is 13.1 Å². The third-order valence-corrected chi connectivity index (χ3v) is 3.59. The third-order valence-electron chi connectivity index (χ3n) is 3.59. The number of nitrogens with zero attached hydrogens (tertiary/aromatic N) is 3. The van der Waals surface area contributed by atoms with E-state index in [9.17, 15) is 0 Å². The van der Waals surface area contributed by atoms with Gasteiger partial charge in [-0.2, -0.15) is 0 Å². The van der Waals surface area contributed by atoms with Crippen LogP contribution in [-0.4, -0.2) is 27.9 Å². The van der Waals surface area contributed by atoms with Crippen LogP contribution in [0.5, 0.6) is 0 Å². The summed E-state index contributed by atoms with van der Waals surface area (Å²) in [5.74, 6) is 3.75. The molecule has 2 heterocycles. The van der Waals surface area contributed by atoms with Gasteiger partial charge in [-0.25, -0.2) is 0 Å². The van der Waals surface area contributed by atoms with Crippen LogP contribution < -0.4 is 5.32 Å². The first kappa shape index (κ1) is 9.33. The molecule has 2 aliphatic rings. The van der Waals surface area contributed by atoms with Gasteiger partial charge in [0.25, 0.3) is 0 Å². The van der Waals surface area contributed by atoms with E-state index < -0.39 is 0 Å². The van der Waals surface area contributed by atoms with E-state index in [1.54, 1.807) is 0 Å². The van der Waals surface area contributed by atoms with E-state index in [-0.39, 0.29) is 0 Å². The maximum Gasteiger partial charge on any atom is 0.135 e. The van der Waals surface area contributed by atoms with Gasteiger partial charge in [-0.05, 0) is 38.8 Å². The molecule has 1 saturated carbocycles. The lowest BCUT2D eigenvalue weighted by atomic mass is 9.97. The highest BCUT2D eigenvalue weighted by atomic mass is 15.3. The number of rotatable bonds is 2. The molecule has 0 amide bonds. The molecule has 3 rings (SSSR count). The number of hydrogen-bond acceptors (Lipinski definition) is 3. The Morgan fingerprint density at radius 2 is 1.53 bits per heavy atom. The zero-order valence-electron chi connectivity index (χ0n) is 9.24. The summed E-state index contributed by atoms with van der Waals surface area (Å²) in [6.07, 6.45) is 5.02. The van der Waals surface area contributed by atoms with Crippen molar-refractivity contribution >= 4 is 0 Å².